The third-order valence-corrected chi connectivity index (χ3v) is 3.64. The molecule has 1 aliphatic heterocycles. The fraction of sp³-hybridized carbons (Fsp3) is 0.600. The number of halogens is 1. The van der Waals surface area contributed by atoms with Crippen LogP contribution in [-0.2, 0) is 4.74 Å². The number of nitrogens with zero attached hydrogens (tertiary/aromatic N) is 4. The molecule has 1 aliphatic rings. The summed E-state index contributed by atoms with van der Waals surface area (Å²) >= 11 is 5.93. The molecular weight excluding hydrogens is 318 g/mol. The summed E-state index contributed by atoms with van der Waals surface area (Å²) in [6, 6.07) is 1.94. The first-order chi connectivity index (χ1) is 10.8. The van der Waals surface area contributed by atoms with Gasteiger partial charge in [-0.2, -0.15) is 10.2 Å². The molecule has 2 rings (SSSR count). The molecule has 1 aromatic rings. The van der Waals surface area contributed by atoms with Crippen molar-refractivity contribution >= 4 is 23.6 Å². The highest BCUT2D eigenvalue weighted by atomic mass is 35.5. The lowest BCUT2D eigenvalue weighted by molar-refractivity contribution is 0.0520. The first-order valence-corrected chi connectivity index (χ1v) is 7.80. The minimum Gasteiger partial charge on any atom is -0.444 e. The molecule has 0 saturated carbocycles. The summed E-state index contributed by atoms with van der Waals surface area (Å²) < 4.78 is 5.21. The summed E-state index contributed by atoms with van der Waals surface area (Å²) in [5, 5.41) is 11.8. The van der Waals surface area contributed by atoms with Crippen LogP contribution in [0.3, 0.4) is 0 Å². The number of hydrogen-bond donors (Lipinski definition) is 1. The largest absolute Gasteiger partial charge is 0.444 e. The molecule has 0 aliphatic carbocycles. The number of rotatable bonds is 3. The third kappa shape index (κ3) is 4.96. The fourth-order valence-electron chi connectivity index (χ4n) is 2.30. The molecule has 1 atom stereocenters. The molecule has 7 nitrogen and oxygen atoms in total. The van der Waals surface area contributed by atoms with Crippen LogP contribution in [0.4, 0.5) is 10.7 Å². The van der Waals surface area contributed by atoms with Crippen LogP contribution in [0.2, 0.25) is 5.15 Å². The van der Waals surface area contributed by atoms with Crippen LogP contribution in [0.1, 0.15) is 32.8 Å². The van der Waals surface area contributed by atoms with Crippen LogP contribution in [-0.4, -0.2) is 41.3 Å². The van der Waals surface area contributed by atoms with Crippen molar-refractivity contribution in [1.29, 1.82) is 5.26 Å². The Bertz CT molecular complexity index is 623. The lowest BCUT2D eigenvalue weighted by atomic mass is 10.1. The first kappa shape index (κ1) is 17.3. The third-order valence-electron chi connectivity index (χ3n) is 3.35. The van der Waals surface area contributed by atoms with E-state index in [1.54, 1.807) is 0 Å². The van der Waals surface area contributed by atoms with Crippen LogP contribution >= 0.6 is 11.6 Å². The highest BCUT2D eigenvalue weighted by molar-refractivity contribution is 6.30. The maximum atomic E-state index is 11.7. The number of ether oxygens (including phenoxy) is 1. The van der Waals surface area contributed by atoms with Crippen molar-refractivity contribution in [2.45, 2.75) is 32.8 Å². The van der Waals surface area contributed by atoms with E-state index < -0.39 is 11.7 Å². The number of amides is 1. The van der Waals surface area contributed by atoms with Crippen molar-refractivity contribution in [3.05, 3.63) is 16.9 Å². The minimum atomic E-state index is -0.501. The summed E-state index contributed by atoms with van der Waals surface area (Å²) in [4.78, 5) is 22.0. The topological polar surface area (TPSA) is 91.1 Å². The number of nitriles is 1. The summed E-state index contributed by atoms with van der Waals surface area (Å²) in [7, 11) is 0. The summed E-state index contributed by atoms with van der Waals surface area (Å²) in [5.41, 5.74) is -0.239. The molecule has 1 N–H and O–H groups in total. The van der Waals surface area contributed by atoms with Gasteiger partial charge in [-0.05, 0) is 33.1 Å². The molecule has 124 valence electrons. The molecule has 0 aromatic carbocycles. The Morgan fingerprint density at radius 1 is 1.61 bits per heavy atom. The standard InChI is InChI=1S/C15H20ClN5O2/c1-15(2,3)23-14(22)19-7-10-4-5-21(9-10)13-18-8-11(6-17)12(16)20-13/h8,10H,4-5,7,9H2,1-3H3,(H,19,22). The van der Waals surface area contributed by atoms with Crippen molar-refractivity contribution in [2.75, 3.05) is 24.5 Å². The van der Waals surface area contributed by atoms with E-state index in [2.05, 4.69) is 15.3 Å². The molecule has 0 spiro atoms. The molecule has 0 radical (unpaired) electrons. The second-order valence-electron chi connectivity index (χ2n) is 6.47. The zero-order valence-electron chi connectivity index (χ0n) is 13.5. The molecule has 2 heterocycles. The SMILES string of the molecule is CC(C)(C)OC(=O)NCC1CCN(c2ncc(C#N)c(Cl)n2)C1. The second kappa shape index (κ2) is 7.01. The van der Waals surface area contributed by atoms with E-state index in [1.165, 1.54) is 6.20 Å². The first-order valence-electron chi connectivity index (χ1n) is 7.43. The molecule has 1 unspecified atom stereocenters. The lowest BCUT2D eigenvalue weighted by Crippen LogP contribution is -2.36. The van der Waals surface area contributed by atoms with Gasteiger partial charge in [-0.1, -0.05) is 11.6 Å². The van der Waals surface area contributed by atoms with E-state index in [4.69, 9.17) is 21.6 Å². The van der Waals surface area contributed by atoms with Gasteiger partial charge in [0.05, 0.1) is 6.20 Å². The van der Waals surface area contributed by atoms with Gasteiger partial charge >= 0.3 is 6.09 Å². The van der Waals surface area contributed by atoms with E-state index in [1.807, 2.05) is 31.7 Å². The zero-order valence-corrected chi connectivity index (χ0v) is 14.2. The smallest absolute Gasteiger partial charge is 0.407 e. The van der Waals surface area contributed by atoms with Gasteiger partial charge in [0.15, 0.2) is 5.15 Å². The average molecular weight is 338 g/mol. The highest BCUT2D eigenvalue weighted by Gasteiger charge is 2.26. The molecule has 1 saturated heterocycles. The van der Waals surface area contributed by atoms with E-state index in [0.29, 0.717) is 18.4 Å². The predicted octanol–water partition coefficient (Wildman–Crippen LogP) is 2.35. The minimum absolute atomic E-state index is 0.160. The van der Waals surface area contributed by atoms with Crippen molar-refractivity contribution in [1.82, 2.24) is 15.3 Å². The van der Waals surface area contributed by atoms with Crippen molar-refractivity contribution in [3.63, 3.8) is 0 Å². The normalized spacial score (nSPS) is 17.7. The van der Waals surface area contributed by atoms with Crippen molar-refractivity contribution in [2.24, 2.45) is 5.92 Å². The number of carbonyl (C=O) groups excluding carboxylic acids is 1. The zero-order chi connectivity index (χ0) is 17.0. The molecular formula is C15H20ClN5O2. The Labute approximate surface area is 140 Å². The number of anilines is 1. The van der Waals surface area contributed by atoms with Gasteiger partial charge in [0.2, 0.25) is 5.95 Å². The number of nitrogens with one attached hydrogen (secondary N) is 1. The summed E-state index contributed by atoms with van der Waals surface area (Å²) in [6.45, 7) is 7.53. The highest BCUT2D eigenvalue weighted by Crippen LogP contribution is 2.22. The van der Waals surface area contributed by atoms with Gasteiger partial charge in [0, 0.05) is 19.6 Å². The maximum Gasteiger partial charge on any atom is 0.407 e. The van der Waals surface area contributed by atoms with Crippen molar-refractivity contribution < 1.29 is 9.53 Å². The van der Waals surface area contributed by atoms with Crippen LogP contribution in [0.5, 0.6) is 0 Å². The molecule has 1 aromatic heterocycles. The average Bonchev–Trinajstić information content (AvgIpc) is 2.92. The number of hydrogen-bond acceptors (Lipinski definition) is 6. The lowest BCUT2D eigenvalue weighted by Gasteiger charge is -2.21. The second-order valence-corrected chi connectivity index (χ2v) is 6.83. The maximum absolute atomic E-state index is 11.7. The Hall–Kier alpha value is -2.07. The Balaban J connectivity index is 1.86. The molecule has 23 heavy (non-hydrogen) atoms. The van der Waals surface area contributed by atoms with E-state index in [-0.39, 0.29) is 10.7 Å². The summed E-state index contributed by atoms with van der Waals surface area (Å²) in [5.74, 6) is 0.800. The monoisotopic (exact) mass is 337 g/mol. The van der Waals surface area contributed by atoms with Gasteiger partial charge in [0.25, 0.3) is 0 Å². The van der Waals surface area contributed by atoms with Gasteiger partial charge < -0.3 is 15.0 Å². The molecule has 1 fully saturated rings. The van der Waals surface area contributed by atoms with Crippen molar-refractivity contribution in [3.8, 4) is 6.07 Å². The fourth-order valence-corrected chi connectivity index (χ4v) is 2.47. The van der Waals surface area contributed by atoms with Gasteiger partial charge in [-0.3, -0.25) is 0 Å². The van der Waals surface area contributed by atoms with Gasteiger partial charge in [-0.25, -0.2) is 9.78 Å². The van der Waals surface area contributed by atoms with E-state index in [9.17, 15) is 4.79 Å². The Morgan fingerprint density at radius 2 is 2.35 bits per heavy atom. The van der Waals surface area contributed by atoms with Crippen LogP contribution in [0.25, 0.3) is 0 Å². The molecule has 0 bridgehead atoms. The van der Waals surface area contributed by atoms with Crippen LogP contribution < -0.4 is 10.2 Å². The predicted molar refractivity (Wildman–Crippen MR) is 86.3 cm³/mol. The molecule has 8 heteroatoms. The Morgan fingerprint density at radius 3 is 2.96 bits per heavy atom. The van der Waals surface area contributed by atoms with E-state index >= 15 is 0 Å². The number of aromatic nitrogens is 2. The van der Waals surface area contributed by atoms with E-state index in [0.717, 1.165) is 19.5 Å². The van der Waals surface area contributed by atoms with Gasteiger partial charge in [0.1, 0.15) is 17.2 Å². The number of carbonyl (C=O) groups is 1. The van der Waals surface area contributed by atoms with Crippen LogP contribution in [0, 0.1) is 17.2 Å². The quantitative estimate of drug-likeness (QED) is 0.851. The van der Waals surface area contributed by atoms with Crippen LogP contribution in [0.15, 0.2) is 6.20 Å². The number of alkyl carbamates (subject to hydrolysis) is 1. The summed E-state index contributed by atoms with van der Waals surface area (Å²) in [6.07, 6.45) is 1.93. The van der Waals surface area contributed by atoms with Gasteiger partial charge in [-0.15, -0.1) is 0 Å². The molecule has 1 amide bonds. The Kier molecular flexibility index (Phi) is 5.26.